The molecule has 1 N–H and O–H groups in total. The van der Waals surface area contributed by atoms with Gasteiger partial charge in [-0.2, -0.15) is 0 Å². The third kappa shape index (κ3) is 2.16. The van der Waals surface area contributed by atoms with Gasteiger partial charge in [0.1, 0.15) is 0 Å². The maximum Gasteiger partial charge on any atom is 0.0387 e. The van der Waals surface area contributed by atoms with Gasteiger partial charge in [0.2, 0.25) is 0 Å². The van der Waals surface area contributed by atoms with Crippen molar-refractivity contribution in [1.82, 2.24) is 0 Å². The molecule has 0 amide bonds. The van der Waals surface area contributed by atoms with E-state index in [-0.39, 0.29) is 5.41 Å². The fraction of sp³-hybridized carbons (Fsp3) is 0.182. The van der Waals surface area contributed by atoms with Crippen molar-refractivity contribution < 1.29 is 0 Å². The molecule has 0 saturated heterocycles. The van der Waals surface area contributed by atoms with Gasteiger partial charge in [0.05, 0.1) is 0 Å². The number of anilines is 2. The van der Waals surface area contributed by atoms with Gasteiger partial charge in [-0.15, -0.1) is 0 Å². The Kier molecular flexibility index (Phi) is 3.23. The zero-order chi connectivity index (χ0) is 15.9. The second kappa shape index (κ2) is 5.27. The van der Waals surface area contributed by atoms with E-state index in [9.17, 15) is 0 Å². The van der Waals surface area contributed by atoms with Crippen LogP contribution in [-0.4, -0.2) is 0 Å². The van der Waals surface area contributed by atoms with Gasteiger partial charge < -0.3 is 5.32 Å². The Balaban J connectivity index is 1.81. The summed E-state index contributed by atoms with van der Waals surface area (Å²) in [6.07, 6.45) is 1.10. The van der Waals surface area contributed by atoms with E-state index in [4.69, 9.17) is 0 Å². The molecular weight excluding hydrogens is 278 g/mol. The molecule has 0 aromatic heterocycles. The molecule has 0 spiro atoms. The molecule has 3 aromatic rings. The minimum atomic E-state index is 0.0975. The third-order valence-corrected chi connectivity index (χ3v) is 5.20. The molecule has 23 heavy (non-hydrogen) atoms. The van der Waals surface area contributed by atoms with E-state index in [0.29, 0.717) is 0 Å². The number of rotatable bonds is 3. The molecule has 114 valence electrons. The molecule has 0 radical (unpaired) electrons. The highest BCUT2D eigenvalue weighted by Crippen LogP contribution is 2.51. The van der Waals surface area contributed by atoms with Crippen LogP contribution in [0.1, 0.15) is 31.4 Å². The van der Waals surface area contributed by atoms with Crippen LogP contribution >= 0.6 is 0 Å². The van der Waals surface area contributed by atoms with Crippen molar-refractivity contribution in [2.45, 2.75) is 25.7 Å². The van der Waals surface area contributed by atoms with Crippen LogP contribution < -0.4 is 5.32 Å². The fourth-order valence-electron chi connectivity index (χ4n) is 3.73. The molecule has 1 nitrogen and oxygen atoms in total. The van der Waals surface area contributed by atoms with Crippen LogP contribution in [0.25, 0.3) is 11.1 Å². The maximum absolute atomic E-state index is 3.52. The van der Waals surface area contributed by atoms with Gasteiger partial charge in [-0.25, -0.2) is 0 Å². The normalized spacial score (nSPS) is 18.3. The van der Waals surface area contributed by atoms with Crippen LogP contribution in [0.2, 0.25) is 0 Å². The lowest BCUT2D eigenvalue weighted by atomic mass is 9.78. The minimum Gasteiger partial charge on any atom is -0.356 e. The van der Waals surface area contributed by atoms with Crippen molar-refractivity contribution in [3.05, 3.63) is 83.9 Å². The highest BCUT2D eigenvalue weighted by atomic mass is 14.9. The van der Waals surface area contributed by atoms with Gasteiger partial charge in [0, 0.05) is 16.8 Å². The molecule has 0 bridgehead atoms. The lowest BCUT2D eigenvalue weighted by Crippen LogP contribution is -2.19. The lowest BCUT2D eigenvalue weighted by Gasteiger charge is -2.26. The molecule has 1 unspecified atom stereocenters. The lowest BCUT2D eigenvalue weighted by molar-refractivity contribution is 0.565. The number of para-hydroxylation sites is 1. The summed E-state index contributed by atoms with van der Waals surface area (Å²) in [7, 11) is 0. The molecule has 0 heterocycles. The zero-order valence-electron chi connectivity index (χ0n) is 13.6. The first-order chi connectivity index (χ1) is 11.2. The predicted molar refractivity (Wildman–Crippen MR) is 98.3 cm³/mol. The summed E-state index contributed by atoms with van der Waals surface area (Å²) < 4.78 is 0. The average Bonchev–Trinajstić information content (AvgIpc) is 2.86. The van der Waals surface area contributed by atoms with E-state index in [2.05, 4.69) is 85.9 Å². The zero-order valence-corrected chi connectivity index (χ0v) is 13.6. The number of hydrogen-bond acceptors (Lipinski definition) is 1. The van der Waals surface area contributed by atoms with Crippen LogP contribution in [0.3, 0.4) is 0 Å². The van der Waals surface area contributed by atoms with E-state index in [1.54, 1.807) is 0 Å². The summed E-state index contributed by atoms with van der Waals surface area (Å²) in [6.45, 7) is 4.65. The van der Waals surface area contributed by atoms with E-state index in [0.717, 1.165) is 17.8 Å². The molecular formula is C22H21N. The summed E-state index contributed by atoms with van der Waals surface area (Å²) in [5, 5.41) is 3.52. The molecule has 1 heteroatoms. The van der Waals surface area contributed by atoms with Gasteiger partial charge >= 0.3 is 0 Å². The smallest absolute Gasteiger partial charge is 0.0387 e. The molecule has 0 fully saturated rings. The molecule has 1 aliphatic carbocycles. The number of benzene rings is 3. The Labute approximate surface area is 138 Å². The van der Waals surface area contributed by atoms with E-state index < -0.39 is 0 Å². The van der Waals surface area contributed by atoms with E-state index in [1.165, 1.54) is 22.3 Å². The minimum absolute atomic E-state index is 0.0975. The highest BCUT2D eigenvalue weighted by molar-refractivity contribution is 5.83. The fourth-order valence-corrected chi connectivity index (χ4v) is 3.73. The van der Waals surface area contributed by atoms with Crippen molar-refractivity contribution in [2.24, 2.45) is 0 Å². The molecule has 1 atom stereocenters. The molecule has 0 saturated carbocycles. The van der Waals surface area contributed by atoms with Crippen molar-refractivity contribution in [1.29, 1.82) is 0 Å². The van der Waals surface area contributed by atoms with Crippen LogP contribution in [0.4, 0.5) is 11.4 Å². The van der Waals surface area contributed by atoms with Gasteiger partial charge in [-0.05, 0) is 52.9 Å². The van der Waals surface area contributed by atoms with Crippen LogP contribution in [-0.2, 0) is 5.41 Å². The Morgan fingerprint density at radius 3 is 2.22 bits per heavy atom. The number of hydrogen-bond donors (Lipinski definition) is 1. The number of nitrogens with one attached hydrogen (secondary N) is 1. The number of fused-ring (bicyclic) bond motifs is 3. The summed E-state index contributed by atoms with van der Waals surface area (Å²) in [5.74, 6) is 0. The first-order valence-corrected chi connectivity index (χ1v) is 8.29. The second-order valence-corrected chi connectivity index (χ2v) is 6.48. The molecule has 1 aliphatic rings. The van der Waals surface area contributed by atoms with Crippen molar-refractivity contribution in [3.8, 4) is 11.1 Å². The highest BCUT2D eigenvalue weighted by Gasteiger charge is 2.37. The largest absolute Gasteiger partial charge is 0.356 e. The Hall–Kier alpha value is -2.54. The van der Waals surface area contributed by atoms with Gasteiger partial charge in [0.15, 0.2) is 0 Å². The van der Waals surface area contributed by atoms with Crippen LogP contribution in [0.15, 0.2) is 72.8 Å². The summed E-state index contributed by atoms with van der Waals surface area (Å²) in [5.41, 5.74) is 8.03. The SMILES string of the molecule is CCC1(C)c2ccccc2-c2ccc(Nc3ccccc3)cc21. The first-order valence-electron chi connectivity index (χ1n) is 8.29. The Morgan fingerprint density at radius 2 is 1.43 bits per heavy atom. The monoisotopic (exact) mass is 299 g/mol. The van der Waals surface area contributed by atoms with Crippen LogP contribution in [0, 0.1) is 0 Å². The topological polar surface area (TPSA) is 12.0 Å². The second-order valence-electron chi connectivity index (χ2n) is 6.48. The average molecular weight is 299 g/mol. The summed E-state index contributed by atoms with van der Waals surface area (Å²) >= 11 is 0. The van der Waals surface area contributed by atoms with Gasteiger partial charge in [-0.3, -0.25) is 0 Å². The summed E-state index contributed by atoms with van der Waals surface area (Å²) in [4.78, 5) is 0. The third-order valence-electron chi connectivity index (χ3n) is 5.20. The van der Waals surface area contributed by atoms with E-state index in [1.807, 2.05) is 6.07 Å². The van der Waals surface area contributed by atoms with Crippen molar-refractivity contribution >= 4 is 11.4 Å². The standard InChI is InChI=1S/C22H21N/c1-3-22(2)20-12-8-7-11-18(20)19-14-13-17(15-21(19)22)23-16-9-5-4-6-10-16/h4-15,23H,3H2,1-2H3. The molecule has 0 aliphatic heterocycles. The summed E-state index contributed by atoms with van der Waals surface area (Å²) in [6, 6.07) is 25.9. The molecule has 3 aromatic carbocycles. The van der Waals surface area contributed by atoms with Gasteiger partial charge in [0.25, 0.3) is 0 Å². The maximum atomic E-state index is 3.52. The first kappa shape index (κ1) is 14.1. The Morgan fingerprint density at radius 1 is 0.739 bits per heavy atom. The van der Waals surface area contributed by atoms with Crippen molar-refractivity contribution in [2.75, 3.05) is 5.32 Å². The predicted octanol–water partition coefficient (Wildman–Crippen LogP) is 6.13. The Bertz CT molecular complexity index is 851. The van der Waals surface area contributed by atoms with E-state index >= 15 is 0 Å². The molecule has 4 rings (SSSR count). The van der Waals surface area contributed by atoms with Crippen molar-refractivity contribution in [3.63, 3.8) is 0 Å². The quantitative estimate of drug-likeness (QED) is 0.613. The van der Waals surface area contributed by atoms with Gasteiger partial charge in [-0.1, -0.05) is 62.4 Å². The van der Waals surface area contributed by atoms with Crippen LogP contribution in [0.5, 0.6) is 0 Å².